The van der Waals surface area contributed by atoms with Crippen LogP contribution < -0.4 is 5.32 Å². The predicted octanol–water partition coefficient (Wildman–Crippen LogP) is 3.47. The van der Waals surface area contributed by atoms with Gasteiger partial charge in [-0.15, -0.1) is 0 Å². The lowest BCUT2D eigenvalue weighted by Crippen LogP contribution is -2.21. The maximum absolute atomic E-state index is 5.07. The lowest BCUT2D eigenvalue weighted by Gasteiger charge is -2.05. The zero-order chi connectivity index (χ0) is 15.9. The van der Waals surface area contributed by atoms with E-state index in [-0.39, 0.29) is 0 Å². The average molecular weight is 308 g/mol. The van der Waals surface area contributed by atoms with Crippen LogP contribution in [0.25, 0.3) is 10.9 Å². The molecule has 3 nitrogen and oxygen atoms in total. The second kappa shape index (κ2) is 7.95. The monoisotopic (exact) mass is 308 g/mol. The maximum atomic E-state index is 5.07. The fourth-order valence-electron chi connectivity index (χ4n) is 2.96. The van der Waals surface area contributed by atoms with Crippen LogP contribution in [0.4, 0.5) is 0 Å². The van der Waals surface area contributed by atoms with Gasteiger partial charge < -0.3 is 14.6 Å². The Kier molecular flexibility index (Phi) is 5.46. The van der Waals surface area contributed by atoms with E-state index in [4.69, 9.17) is 4.74 Å². The third kappa shape index (κ3) is 4.01. The molecule has 1 N–H and O–H groups in total. The highest BCUT2D eigenvalue weighted by Crippen LogP contribution is 2.22. The lowest BCUT2D eigenvalue weighted by atomic mass is 10.1. The molecule has 1 aromatic heterocycles. The van der Waals surface area contributed by atoms with E-state index in [2.05, 4.69) is 70.7 Å². The van der Waals surface area contributed by atoms with E-state index in [1.807, 2.05) is 0 Å². The summed E-state index contributed by atoms with van der Waals surface area (Å²) in [5.41, 5.74) is 4.04. The molecule has 120 valence electrons. The number of methoxy groups -OCH3 is 1. The Hall–Kier alpha value is -2.10. The third-order valence-corrected chi connectivity index (χ3v) is 4.12. The van der Waals surface area contributed by atoms with Crippen molar-refractivity contribution < 1.29 is 4.74 Å². The number of benzene rings is 2. The summed E-state index contributed by atoms with van der Waals surface area (Å²) in [6, 6.07) is 19.3. The Morgan fingerprint density at radius 1 is 0.957 bits per heavy atom. The number of hydrogen-bond acceptors (Lipinski definition) is 2. The van der Waals surface area contributed by atoms with Crippen molar-refractivity contribution in [2.45, 2.75) is 13.0 Å². The Morgan fingerprint density at radius 3 is 2.57 bits per heavy atom. The van der Waals surface area contributed by atoms with Crippen LogP contribution >= 0.6 is 0 Å². The minimum Gasteiger partial charge on any atom is -0.383 e. The Labute approximate surface area is 137 Å². The third-order valence-electron chi connectivity index (χ3n) is 4.12. The number of fused-ring (bicyclic) bond motifs is 1. The second-order valence-electron chi connectivity index (χ2n) is 5.78. The quantitative estimate of drug-likeness (QED) is 0.645. The first-order valence-corrected chi connectivity index (χ1v) is 8.19. The van der Waals surface area contributed by atoms with Gasteiger partial charge >= 0.3 is 0 Å². The van der Waals surface area contributed by atoms with E-state index in [0.29, 0.717) is 0 Å². The first kappa shape index (κ1) is 15.8. The minimum atomic E-state index is 0.760. The largest absolute Gasteiger partial charge is 0.383 e. The van der Waals surface area contributed by atoms with Crippen molar-refractivity contribution in [2.75, 3.05) is 26.8 Å². The normalized spacial score (nSPS) is 11.2. The molecule has 0 radical (unpaired) electrons. The van der Waals surface area contributed by atoms with Crippen molar-refractivity contribution in [1.82, 2.24) is 9.88 Å². The van der Waals surface area contributed by atoms with Gasteiger partial charge in [0.15, 0.2) is 0 Å². The molecule has 0 saturated carbocycles. The highest BCUT2D eigenvalue weighted by molar-refractivity contribution is 5.84. The van der Waals surface area contributed by atoms with Crippen LogP contribution in [0.1, 0.15) is 11.1 Å². The van der Waals surface area contributed by atoms with Crippen molar-refractivity contribution in [3.8, 4) is 0 Å². The Bertz CT molecular complexity index is 734. The highest BCUT2D eigenvalue weighted by atomic mass is 16.5. The molecule has 0 bridgehead atoms. The summed E-state index contributed by atoms with van der Waals surface area (Å²) >= 11 is 0. The minimum absolute atomic E-state index is 0.760. The van der Waals surface area contributed by atoms with Crippen LogP contribution in [0.15, 0.2) is 60.8 Å². The van der Waals surface area contributed by atoms with Gasteiger partial charge in [0.05, 0.1) is 6.61 Å². The van der Waals surface area contributed by atoms with Crippen LogP contribution in [0.2, 0.25) is 0 Å². The Balaban J connectivity index is 1.76. The summed E-state index contributed by atoms with van der Waals surface area (Å²) in [7, 11) is 1.74. The number of rotatable bonds is 8. The van der Waals surface area contributed by atoms with Crippen molar-refractivity contribution in [2.24, 2.45) is 0 Å². The molecular weight excluding hydrogens is 284 g/mol. The van der Waals surface area contributed by atoms with Gasteiger partial charge in [0.25, 0.3) is 0 Å². The molecule has 0 fully saturated rings. The van der Waals surface area contributed by atoms with Gasteiger partial charge in [-0.05, 0) is 30.2 Å². The first-order valence-electron chi connectivity index (χ1n) is 8.19. The summed E-state index contributed by atoms with van der Waals surface area (Å²) < 4.78 is 7.42. The molecule has 0 amide bonds. The summed E-state index contributed by atoms with van der Waals surface area (Å²) in [5, 5.41) is 4.78. The van der Waals surface area contributed by atoms with Gasteiger partial charge in [-0.3, -0.25) is 0 Å². The van der Waals surface area contributed by atoms with E-state index in [1.165, 1.54) is 22.0 Å². The van der Waals surface area contributed by atoms with E-state index >= 15 is 0 Å². The van der Waals surface area contributed by atoms with Crippen LogP contribution in [0.3, 0.4) is 0 Å². The van der Waals surface area contributed by atoms with Crippen LogP contribution in [0.5, 0.6) is 0 Å². The average Bonchev–Trinajstić information content (AvgIpc) is 2.94. The van der Waals surface area contributed by atoms with Crippen LogP contribution in [-0.4, -0.2) is 31.4 Å². The number of nitrogens with one attached hydrogen (secondary N) is 1. The van der Waals surface area contributed by atoms with Gasteiger partial charge in [0.2, 0.25) is 0 Å². The van der Waals surface area contributed by atoms with E-state index in [1.54, 1.807) is 7.11 Å². The van der Waals surface area contributed by atoms with Crippen molar-refractivity contribution in [1.29, 1.82) is 0 Å². The van der Waals surface area contributed by atoms with Gasteiger partial charge in [-0.25, -0.2) is 0 Å². The van der Waals surface area contributed by atoms with Gasteiger partial charge in [0.1, 0.15) is 0 Å². The molecular formula is C20H24N2O. The van der Waals surface area contributed by atoms with E-state index in [0.717, 1.165) is 32.7 Å². The molecule has 0 saturated heterocycles. The highest BCUT2D eigenvalue weighted by Gasteiger charge is 2.08. The molecule has 0 aliphatic rings. The van der Waals surface area contributed by atoms with Gasteiger partial charge in [0, 0.05) is 37.3 Å². The molecule has 23 heavy (non-hydrogen) atoms. The Morgan fingerprint density at radius 2 is 1.74 bits per heavy atom. The number of nitrogens with zero attached hydrogens (tertiary/aromatic N) is 1. The fraction of sp³-hybridized carbons (Fsp3) is 0.300. The van der Waals surface area contributed by atoms with E-state index in [9.17, 15) is 0 Å². The summed E-state index contributed by atoms with van der Waals surface area (Å²) in [4.78, 5) is 0. The molecule has 3 rings (SSSR count). The number of ether oxygens (including phenoxy) is 1. The summed E-state index contributed by atoms with van der Waals surface area (Å²) in [6.07, 6.45) is 3.34. The molecule has 0 aliphatic carbocycles. The summed E-state index contributed by atoms with van der Waals surface area (Å²) in [6.45, 7) is 3.55. The topological polar surface area (TPSA) is 26.2 Å². The zero-order valence-electron chi connectivity index (χ0n) is 13.7. The zero-order valence-corrected chi connectivity index (χ0v) is 13.7. The van der Waals surface area contributed by atoms with Crippen LogP contribution in [0, 0.1) is 0 Å². The van der Waals surface area contributed by atoms with Crippen molar-refractivity contribution in [3.05, 3.63) is 71.9 Å². The smallest absolute Gasteiger partial charge is 0.0587 e. The molecule has 0 spiro atoms. The molecule has 1 heterocycles. The van der Waals surface area contributed by atoms with Crippen molar-refractivity contribution >= 4 is 10.9 Å². The maximum Gasteiger partial charge on any atom is 0.0587 e. The molecule has 3 heteroatoms. The predicted molar refractivity (Wildman–Crippen MR) is 95.9 cm³/mol. The molecule has 0 unspecified atom stereocenters. The fourth-order valence-corrected chi connectivity index (χ4v) is 2.96. The van der Waals surface area contributed by atoms with Gasteiger partial charge in [-0.1, -0.05) is 48.5 Å². The summed E-state index contributed by atoms with van der Waals surface area (Å²) in [5.74, 6) is 0. The van der Waals surface area contributed by atoms with Crippen LogP contribution in [-0.2, 0) is 17.7 Å². The van der Waals surface area contributed by atoms with Gasteiger partial charge in [-0.2, -0.15) is 0 Å². The molecule has 0 aliphatic heterocycles. The molecule has 3 aromatic rings. The van der Waals surface area contributed by atoms with Crippen molar-refractivity contribution in [3.63, 3.8) is 0 Å². The standard InChI is InChI=1S/C20H24N2O/c1-23-14-13-21-12-11-18-16-22(15-17-7-3-2-4-8-17)20-10-6-5-9-19(18)20/h2-10,16,21H,11-15H2,1H3. The molecule has 2 aromatic carbocycles. The SMILES string of the molecule is COCCNCCc1cn(Cc2ccccc2)c2ccccc12. The lowest BCUT2D eigenvalue weighted by molar-refractivity contribution is 0.199. The van der Waals surface area contributed by atoms with E-state index < -0.39 is 0 Å². The number of para-hydroxylation sites is 1. The molecule has 0 atom stereocenters. The second-order valence-corrected chi connectivity index (χ2v) is 5.78. The number of aromatic nitrogens is 1. The first-order chi connectivity index (χ1) is 11.4. The number of hydrogen-bond donors (Lipinski definition) is 1.